The molecule has 2 rings (SSSR count). The van der Waals surface area contributed by atoms with Gasteiger partial charge in [0.15, 0.2) is 17.5 Å². The molecule has 25 heavy (non-hydrogen) atoms. The van der Waals surface area contributed by atoms with E-state index in [1.54, 1.807) is 7.11 Å². The lowest BCUT2D eigenvalue weighted by Gasteiger charge is -2.24. The molecule has 0 saturated carbocycles. The second kappa shape index (κ2) is 10.1. The smallest absolute Gasteiger partial charge is 0.194 e. The van der Waals surface area contributed by atoms with E-state index in [9.17, 15) is 0 Å². The monoisotopic (exact) mass is 461 g/mol. The van der Waals surface area contributed by atoms with Crippen LogP contribution in [-0.4, -0.2) is 50.3 Å². The fourth-order valence-electron chi connectivity index (χ4n) is 2.90. The summed E-state index contributed by atoms with van der Waals surface area (Å²) in [6.45, 7) is 12.3. The second-order valence-electron chi connectivity index (χ2n) is 7.11. The fraction of sp³-hybridized carbons (Fsp3) is 0.632. The van der Waals surface area contributed by atoms with Crippen molar-refractivity contribution in [1.82, 2.24) is 10.2 Å². The van der Waals surface area contributed by atoms with Gasteiger partial charge in [-0.3, -0.25) is 0 Å². The Morgan fingerprint density at radius 1 is 1.32 bits per heavy atom. The minimum absolute atomic E-state index is 0. The highest BCUT2D eigenvalue weighted by Gasteiger charge is 2.30. The molecule has 1 saturated heterocycles. The van der Waals surface area contributed by atoms with Crippen LogP contribution in [0.3, 0.4) is 0 Å². The summed E-state index contributed by atoms with van der Waals surface area (Å²) in [4.78, 5) is 7.12. The average molecular weight is 461 g/mol. The number of para-hydroxylation sites is 2. The predicted octanol–water partition coefficient (Wildman–Crippen LogP) is 3.78. The molecule has 1 aliphatic rings. The van der Waals surface area contributed by atoms with Crippen molar-refractivity contribution in [1.29, 1.82) is 0 Å². The van der Waals surface area contributed by atoms with Gasteiger partial charge in [0, 0.05) is 19.6 Å². The van der Waals surface area contributed by atoms with Crippen LogP contribution in [0.1, 0.15) is 34.1 Å². The molecule has 1 aliphatic heterocycles. The number of nitrogens with zero attached hydrogens (tertiary/aromatic N) is 2. The van der Waals surface area contributed by atoms with Gasteiger partial charge < -0.3 is 19.7 Å². The Morgan fingerprint density at radius 3 is 2.56 bits per heavy atom. The number of aliphatic imine (C=N–C) groups is 1. The number of likely N-dealkylation sites (tertiary alicyclic amines) is 1. The molecule has 1 fully saturated rings. The zero-order valence-corrected chi connectivity index (χ0v) is 18.4. The van der Waals surface area contributed by atoms with Crippen LogP contribution in [0.15, 0.2) is 29.3 Å². The SMILES string of the molecule is CCNC(=NCC(C)Oc1ccccc1OC)N1CCC(C)(C)C1.I. The fourth-order valence-corrected chi connectivity index (χ4v) is 2.90. The second-order valence-corrected chi connectivity index (χ2v) is 7.11. The van der Waals surface area contributed by atoms with Crippen LogP contribution in [0.4, 0.5) is 0 Å². The number of nitrogens with one attached hydrogen (secondary N) is 1. The van der Waals surface area contributed by atoms with E-state index >= 15 is 0 Å². The van der Waals surface area contributed by atoms with Crippen LogP contribution >= 0.6 is 24.0 Å². The van der Waals surface area contributed by atoms with E-state index in [0.717, 1.165) is 37.1 Å². The Hall–Kier alpha value is -1.18. The molecule has 6 heteroatoms. The molecule has 0 spiro atoms. The zero-order valence-electron chi connectivity index (χ0n) is 16.0. The minimum Gasteiger partial charge on any atom is -0.493 e. The molecule has 142 valence electrons. The number of rotatable bonds is 6. The van der Waals surface area contributed by atoms with Crippen LogP contribution in [0.25, 0.3) is 0 Å². The topological polar surface area (TPSA) is 46.1 Å². The number of methoxy groups -OCH3 is 1. The average Bonchev–Trinajstić information content (AvgIpc) is 2.92. The first-order chi connectivity index (χ1) is 11.4. The first-order valence-corrected chi connectivity index (χ1v) is 8.78. The van der Waals surface area contributed by atoms with E-state index in [2.05, 4.69) is 31.0 Å². The standard InChI is InChI=1S/C19H31N3O2.HI/c1-6-20-18(22-12-11-19(3,4)14-22)21-13-15(2)24-17-10-8-7-9-16(17)23-5;/h7-10,15H,6,11-14H2,1-5H3,(H,20,21);1H. The molecule has 0 radical (unpaired) electrons. The first kappa shape index (κ1) is 21.9. The number of ether oxygens (including phenoxy) is 2. The van der Waals surface area contributed by atoms with E-state index in [4.69, 9.17) is 14.5 Å². The molecule has 1 atom stereocenters. The van der Waals surface area contributed by atoms with E-state index < -0.39 is 0 Å². The third kappa shape index (κ3) is 6.56. The number of hydrogen-bond acceptors (Lipinski definition) is 3. The van der Waals surface area contributed by atoms with Gasteiger partial charge in [-0.25, -0.2) is 4.99 Å². The van der Waals surface area contributed by atoms with Gasteiger partial charge in [0.05, 0.1) is 13.7 Å². The van der Waals surface area contributed by atoms with Gasteiger partial charge in [-0.05, 0) is 37.8 Å². The van der Waals surface area contributed by atoms with Gasteiger partial charge in [0.2, 0.25) is 0 Å². The van der Waals surface area contributed by atoms with Crippen molar-refractivity contribution in [3.8, 4) is 11.5 Å². The Balaban J connectivity index is 0.00000312. The summed E-state index contributed by atoms with van der Waals surface area (Å²) < 4.78 is 11.3. The van der Waals surface area contributed by atoms with Crippen LogP contribution < -0.4 is 14.8 Å². The quantitative estimate of drug-likeness (QED) is 0.398. The van der Waals surface area contributed by atoms with E-state index in [0.29, 0.717) is 12.0 Å². The maximum Gasteiger partial charge on any atom is 0.194 e. The molecule has 0 amide bonds. The molecule has 0 aliphatic carbocycles. The molecule has 1 aromatic rings. The van der Waals surface area contributed by atoms with Gasteiger partial charge in [0.25, 0.3) is 0 Å². The molecule has 1 heterocycles. The first-order valence-electron chi connectivity index (χ1n) is 8.78. The molecular weight excluding hydrogens is 429 g/mol. The van der Waals surface area contributed by atoms with Crippen LogP contribution in [0, 0.1) is 5.41 Å². The normalized spacial score (nSPS) is 17.6. The summed E-state index contributed by atoms with van der Waals surface area (Å²) in [5.41, 5.74) is 0.357. The minimum atomic E-state index is -0.0226. The number of hydrogen-bond donors (Lipinski definition) is 1. The van der Waals surface area contributed by atoms with Crippen molar-refractivity contribution < 1.29 is 9.47 Å². The number of halogens is 1. The molecule has 0 bridgehead atoms. The Bertz CT molecular complexity index is 563. The maximum absolute atomic E-state index is 5.99. The Kier molecular flexibility index (Phi) is 8.82. The van der Waals surface area contributed by atoms with Gasteiger partial charge in [-0.15, -0.1) is 24.0 Å². The molecule has 1 unspecified atom stereocenters. The van der Waals surface area contributed by atoms with Crippen LogP contribution in [-0.2, 0) is 0 Å². The van der Waals surface area contributed by atoms with Crippen molar-refractivity contribution >= 4 is 29.9 Å². The highest BCUT2D eigenvalue weighted by Crippen LogP contribution is 2.29. The van der Waals surface area contributed by atoms with Gasteiger partial charge >= 0.3 is 0 Å². The Morgan fingerprint density at radius 2 is 2.00 bits per heavy atom. The lowest BCUT2D eigenvalue weighted by molar-refractivity contribution is 0.219. The van der Waals surface area contributed by atoms with Gasteiger partial charge in [0.1, 0.15) is 6.10 Å². The molecule has 1 aromatic carbocycles. The molecule has 0 aromatic heterocycles. The third-order valence-electron chi connectivity index (χ3n) is 4.21. The lowest BCUT2D eigenvalue weighted by Crippen LogP contribution is -2.41. The van der Waals surface area contributed by atoms with Crippen molar-refractivity contribution in [2.24, 2.45) is 10.4 Å². The van der Waals surface area contributed by atoms with Crippen LogP contribution in [0.5, 0.6) is 11.5 Å². The summed E-state index contributed by atoms with van der Waals surface area (Å²) in [5.74, 6) is 2.50. The summed E-state index contributed by atoms with van der Waals surface area (Å²) in [6.07, 6.45) is 1.18. The highest BCUT2D eigenvalue weighted by molar-refractivity contribution is 14.0. The van der Waals surface area contributed by atoms with Crippen molar-refractivity contribution in [3.63, 3.8) is 0 Å². The summed E-state index contributed by atoms with van der Waals surface area (Å²) >= 11 is 0. The van der Waals surface area contributed by atoms with Crippen LogP contribution in [0.2, 0.25) is 0 Å². The molecular formula is C19H32IN3O2. The summed E-state index contributed by atoms with van der Waals surface area (Å²) in [6, 6.07) is 7.71. The van der Waals surface area contributed by atoms with Crippen molar-refractivity contribution in [3.05, 3.63) is 24.3 Å². The zero-order chi connectivity index (χ0) is 17.6. The van der Waals surface area contributed by atoms with E-state index in [-0.39, 0.29) is 30.1 Å². The summed E-state index contributed by atoms with van der Waals surface area (Å²) in [5, 5.41) is 3.40. The van der Waals surface area contributed by atoms with Crippen molar-refractivity contribution in [2.75, 3.05) is 33.3 Å². The van der Waals surface area contributed by atoms with E-state index in [1.165, 1.54) is 6.42 Å². The lowest BCUT2D eigenvalue weighted by atomic mass is 9.93. The predicted molar refractivity (Wildman–Crippen MR) is 114 cm³/mol. The highest BCUT2D eigenvalue weighted by atomic mass is 127. The van der Waals surface area contributed by atoms with Crippen molar-refractivity contribution in [2.45, 2.75) is 40.2 Å². The molecule has 5 nitrogen and oxygen atoms in total. The number of guanidine groups is 1. The summed E-state index contributed by atoms with van der Waals surface area (Å²) in [7, 11) is 1.66. The third-order valence-corrected chi connectivity index (χ3v) is 4.21. The maximum atomic E-state index is 5.99. The molecule has 1 N–H and O–H groups in total. The number of benzene rings is 1. The van der Waals surface area contributed by atoms with Gasteiger partial charge in [-0.2, -0.15) is 0 Å². The van der Waals surface area contributed by atoms with Gasteiger partial charge in [-0.1, -0.05) is 26.0 Å². The van der Waals surface area contributed by atoms with E-state index in [1.807, 2.05) is 31.2 Å². The largest absolute Gasteiger partial charge is 0.493 e. The Labute approximate surface area is 169 Å².